The third-order valence-electron chi connectivity index (χ3n) is 3.60. The van der Waals surface area contributed by atoms with Crippen molar-refractivity contribution in [1.82, 2.24) is 0 Å². The highest BCUT2D eigenvalue weighted by Gasteiger charge is 2.35. The van der Waals surface area contributed by atoms with Crippen molar-refractivity contribution in [2.75, 3.05) is 0 Å². The summed E-state index contributed by atoms with van der Waals surface area (Å²) in [5, 5.41) is 0. The first-order valence-corrected chi connectivity index (χ1v) is 6.67. The molecule has 1 heterocycles. The Labute approximate surface area is 114 Å². The Bertz CT molecular complexity index is 550. The lowest BCUT2D eigenvalue weighted by atomic mass is 10.0. The van der Waals surface area contributed by atoms with Gasteiger partial charge in [0.2, 0.25) is 0 Å². The van der Waals surface area contributed by atoms with Gasteiger partial charge in [0, 0.05) is 5.56 Å². The normalized spacial score (nSPS) is 26.5. The molecule has 19 heavy (non-hydrogen) atoms. The number of rotatable bonds is 2. The molecule has 1 aliphatic heterocycles. The van der Waals surface area contributed by atoms with Gasteiger partial charge in [-0.25, -0.2) is 0 Å². The zero-order valence-electron chi connectivity index (χ0n) is 11.2. The van der Waals surface area contributed by atoms with Gasteiger partial charge in [-0.2, -0.15) is 0 Å². The second-order valence-corrected chi connectivity index (χ2v) is 5.00. The first-order valence-electron chi connectivity index (χ1n) is 6.67. The molecular formula is C17H18O2. The lowest BCUT2D eigenvalue weighted by molar-refractivity contribution is -0.0677. The molecule has 2 aromatic rings. The standard InChI is InChI=1S/C17H18O2/c1-12-8-6-7-11-15(12)16-13(2)18-17(19-16)14-9-4-3-5-10-14/h3-11,13,16-17H,1-2H3/t13-,16+,17?/m1/s1. The van der Waals surface area contributed by atoms with Crippen molar-refractivity contribution >= 4 is 0 Å². The second-order valence-electron chi connectivity index (χ2n) is 5.00. The molecule has 0 radical (unpaired) electrons. The zero-order chi connectivity index (χ0) is 13.2. The van der Waals surface area contributed by atoms with Gasteiger partial charge in [-0.3, -0.25) is 0 Å². The molecule has 0 bridgehead atoms. The third kappa shape index (κ3) is 2.42. The Kier molecular flexibility index (Phi) is 3.36. The van der Waals surface area contributed by atoms with Crippen molar-refractivity contribution in [3.05, 3.63) is 71.3 Å². The quantitative estimate of drug-likeness (QED) is 0.800. The van der Waals surface area contributed by atoms with Crippen LogP contribution in [0.1, 0.15) is 36.0 Å². The third-order valence-corrected chi connectivity index (χ3v) is 3.60. The average molecular weight is 254 g/mol. The van der Waals surface area contributed by atoms with Gasteiger partial charge >= 0.3 is 0 Å². The lowest BCUT2D eigenvalue weighted by Crippen LogP contribution is -2.11. The van der Waals surface area contributed by atoms with Gasteiger partial charge in [-0.1, -0.05) is 54.6 Å². The van der Waals surface area contributed by atoms with Crippen molar-refractivity contribution in [3.8, 4) is 0 Å². The molecule has 1 fully saturated rings. The van der Waals surface area contributed by atoms with E-state index in [-0.39, 0.29) is 18.5 Å². The van der Waals surface area contributed by atoms with Gasteiger partial charge in [-0.05, 0) is 25.0 Å². The Balaban J connectivity index is 1.85. The number of hydrogen-bond acceptors (Lipinski definition) is 2. The fourth-order valence-electron chi connectivity index (χ4n) is 2.54. The summed E-state index contributed by atoms with van der Waals surface area (Å²) in [5.74, 6) is 0. The largest absolute Gasteiger partial charge is 0.342 e. The fraction of sp³-hybridized carbons (Fsp3) is 0.294. The van der Waals surface area contributed by atoms with Crippen LogP contribution in [0.2, 0.25) is 0 Å². The maximum absolute atomic E-state index is 6.10. The number of ether oxygens (including phenoxy) is 2. The summed E-state index contributed by atoms with van der Waals surface area (Å²) in [6.45, 7) is 4.18. The van der Waals surface area contributed by atoms with E-state index in [4.69, 9.17) is 9.47 Å². The highest BCUT2D eigenvalue weighted by Crippen LogP contribution is 2.40. The van der Waals surface area contributed by atoms with Gasteiger partial charge in [0.05, 0.1) is 6.10 Å². The summed E-state index contributed by atoms with van der Waals surface area (Å²) in [6, 6.07) is 18.4. The van der Waals surface area contributed by atoms with Crippen LogP contribution in [0.25, 0.3) is 0 Å². The number of aryl methyl sites for hydroxylation is 1. The maximum Gasteiger partial charge on any atom is 0.185 e. The lowest BCUT2D eigenvalue weighted by Gasteiger charge is -2.15. The van der Waals surface area contributed by atoms with Crippen LogP contribution in [0, 0.1) is 6.92 Å². The molecule has 0 aromatic heterocycles. The summed E-state index contributed by atoms with van der Waals surface area (Å²) in [6.07, 6.45) is -0.196. The van der Waals surface area contributed by atoms with Gasteiger partial charge in [0.15, 0.2) is 6.29 Å². The molecule has 3 atom stereocenters. The summed E-state index contributed by atoms with van der Waals surface area (Å²) >= 11 is 0. The van der Waals surface area contributed by atoms with Gasteiger partial charge in [0.1, 0.15) is 6.10 Å². The number of hydrogen-bond donors (Lipinski definition) is 0. The Morgan fingerprint density at radius 2 is 1.53 bits per heavy atom. The van der Waals surface area contributed by atoms with Crippen LogP contribution in [-0.2, 0) is 9.47 Å². The van der Waals surface area contributed by atoms with E-state index in [1.54, 1.807) is 0 Å². The highest BCUT2D eigenvalue weighted by atomic mass is 16.7. The Morgan fingerprint density at radius 1 is 0.842 bits per heavy atom. The molecule has 1 unspecified atom stereocenters. The van der Waals surface area contributed by atoms with E-state index in [9.17, 15) is 0 Å². The van der Waals surface area contributed by atoms with E-state index >= 15 is 0 Å². The summed E-state index contributed by atoms with van der Waals surface area (Å²) in [5.41, 5.74) is 3.54. The molecule has 1 saturated heterocycles. The molecule has 2 nitrogen and oxygen atoms in total. The summed E-state index contributed by atoms with van der Waals surface area (Å²) < 4.78 is 12.1. The average Bonchev–Trinajstić information content (AvgIpc) is 2.82. The smallest absolute Gasteiger partial charge is 0.185 e. The number of benzene rings is 2. The summed E-state index contributed by atoms with van der Waals surface area (Å²) in [4.78, 5) is 0. The van der Waals surface area contributed by atoms with Crippen LogP contribution in [-0.4, -0.2) is 6.10 Å². The minimum Gasteiger partial charge on any atom is -0.342 e. The molecule has 2 heteroatoms. The highest BCUT2D eigenvalue weighted by molar-refractivity contribution is 5.29. The van der Waals surface area contributed by atoms with Crippen molar-refractivity contribution in [1.29, 1.82) is 0 Å². The van der Waals surface area contributed by atoms with E-state index in [1.165, 1.54) is 11.1 Å². The zero-order valence-corrected chi connectivity index (χ0v) is 11.2. The fourth-order valence-corrected chi connectivity index (χ4v) is 2.54. The first-order chi connectivity index (χ1) is 9.25. The maximum atomic E-state index is 6.10. The molecule has 1 aliphatic rings. The first kappa shape index (κ1) is 12.4. The molecule has 3 rings (SSSR count). The van der Waals surface area contributed by atoms with Crippen molar-refractivity contribution in [2.45, 2.75) is 32.3 Å². The van der Waals surface area contributed by atoms with E-state index in [2.05, 4.69) is 26.0 Å². The van der Waals surface area contributed by atoms with Crippen LogP contribution >= 0.6 is 0 Å². The second kappa shape index (κ2) is 5.16. The summed E-state index contributed by atoms with van der Waals surface area (Å²) in [7, 11) is 0. The van der Waals surface area contributed by atoms with Crippen LogP contribution in [0.3, 0.4) is 0 Å². The molecule has 2 aromatic carbocycles. The predicted octanol–water partition coefficient (Wildman–Crippen LogP) is 4.17. The van der Waals surface area contributed by atoms with Crippen molar-refractivity contribution < 1.29 is 9.47 Å². The molecule has 0 amide bonds. The van der Waals surface area contributed by atoms with Gasteiger partial charge in [0.25, 0.3) is 0 Å². The minimum absolute atomic E-state index is 0.00593. The Morgan fingerprint density at radius 3 is 2.26 bits per heavy atom. The van der Waals surface area contributed by atoms with Crippen molar-refractivity contribution in [3.63, 3.8) is 0 Å². The van der Waals surface area contributed by atoms with Crippen LogP contribution in [0.5, 0.6) is 0 Å². The molecule has 0 spiro atoms. The molecule has 0 saturated carbocycles. The van der Waals surface area contributed by atoms with Gasteiger partial charge < -0.3 is 9.47 Å². The molecule has 98 valence electrons. The van der Waals surface area contributed by atoms with E-state index in [1.807, 2.05) is 42.5 Å². The van der Waals surface area contributed by atoms with E-state index in [0.717, 1.165) is 5.56 Å². The van der Waals surface area contributed by atoms with Crippen LogP contribution in [0.4, 0.5) is 0 Å². The van der Waals surface area contributed by atoms with Crippen molar-refractivity contribution in [2.24, 2.45) is 0 Å². The van der Waals surface area contributed by atoms with E-state index < -0.39 is 0 Å². The van der Waals surface area contributed by atoms with Gasteiger partial charge in [-0.15, -0.1) is 0 Å². The molecule has 0 N–H and O–H groups in total. The van der Waals surface area contributed by atoms with Crippen LogP contribution < -0.4 is 0 Å². The van der Waals surface area contributed by atoms with E-state index in [0.29, 0.717) is 0 Å². The minimum atomic E-state index is -0.263. The monoisotopic (exact) mass is 254 g/mol. The predicted molar refractivity (Wildman–Crippen MR) is 74.7 cm³/mol. The van der Waals surface area contributed by atoms with Crippen LogP contribution in [0.15, 0.2) is 54.6 Å². The molecule has 0 aliphatic carbocycles. The molecular weight excluding hydrogens is 236 g/mol. The SMILES string of the molecule is Cc1ccccc1[C@H]1OC(c2ccccc2)O[C@@H]1C. The Hall–Kier alpha value is -1.64. The topological polar surface area (TPSA) is 18.5 Å².